The predicted molar refractivity (Wildman–Crippen MR) is 96.4 cm³/mol. The summed E-state index contributed by atoms with van der Waals surface area (Å²) >= 11 is 0. The van der Waals surface area contributed by atoms with Crippen molar-refractivity contribution < 1.29 is 18.7 Å². The summed E-state index contributed by atoms with van der Waals surface area (Å²) in [6.45, 7) is 4.68. The smallest absolute Gasteiger partial charge is 0.257 e. The number of halogens is 1. The van der Waals surface area contributed by atoms with E-state index in [2.05, 4.69) is 0 Å². The Labute approximate surface area is 154 Å². The monoisotopic (exact) mass is 362 g/mol. The Bertz CT molecular complexity index is 663. The number of hydrogen-bond acceptors (Lipinski definition) is 3. The number of carbonyl (C=O) groups is 2. The van der Waals surface area contributed by atoms with Gasteiger partial charge in [-0.25, -0.2) is 4.39 Å². The summed E-state index contributed by atoms with van der Waals surface area (Å²) in [4.78, 5) is 29.3. The van der Waals surface area contributed by atoms with Gasteiger partial charge >= 0.3 is 0 Å². The molecule has 3 rings (SSSR count). The zero-order valence-corrected chi connectivity index (χ0v) is 15.6. The van der Waals surface area contributed by atoms with E-state index in [1.54, 1.807) is 31.1 Å². The normalized spacial score (nSPS) is 19.9. The van der Waals surface area contributed by atoms with Crippen LogP contribution in [0.2, 0.25) is 0 Å². The van der Waals surface area contributed by atoms with Gasteiger partial charge in [0.05, 0.1) is 17.6 Å². The van der Waals surface area contributed by atoms with E-state index in [1.165, 1.54) is 6.07 Å². The van der Waals surface area contributed by atoms with Crippen LogP contribution < -0.4 is 0 Å². The number of amides is 2. The van der Waals surface area contributed by atoms with Gasteiger partial charge in [0.1, 0.15) is 5.82 Å². The van der Waals surface area contributed by atoms with E-state index in [0.717, 1.165) is 19.4 Å². The molecule has 2 aliphatic heterocycles. The standard InChI is InChI=1S/C20H27FN2O3/c1-15-5-3-6-16(21)17(15)18(24)22-11-8-20(9-12-22)7-4-10-23(19(20)25)13-14-26-2/h3,5-6H,4,7-14H2,1-2H3. The number of carbonyl (C=O) groups excluding carboxylic acids is 2. The lowest BCUT2D eigenvalue weighted by Gasteiger charge is -2.46. The van der Waals surface area contributed by atoms with E-state index < -0.39 is 5.82 Å². The largest absolute Gasteiger partial charge is 0.383 e. The fourth-order valence-corrected chi connectivity index (χ4v) is 4.23. The third kappa shape index (κ3) is 3.47. The van der Waals surface area contributed by atoms with E-state index >= 15 is 0 Å². The molecule has 2 aliphatic rings. The van der Waals surface area contributed by atoms with Gasteiger partial charge < -0.3 is 14.5 Å². The number of methoxy groups -OCH3 is 1. The highest BCUT2D eigenvalue weighted by Crippen LogP contribution is 2.41. The molecule has 2 heterocycles. The molecule has 142 valence electrons. The number of ether oxygens (including phenoxy) is 1. The van der Waals surface area contributed by atoms with Gasteiger partial charge in [0, 0.05) is 33.3 Å². The van der Waals surface area contributed by atoms with Crippen molar-refractivity contribution in [2.45, 2.75) is 32.6 Å². The molecule has 26 heavy (non-hydrogen) atoms. The molecule has 1 aromatic carbocycles. The van der Waals surface area contributed by atoms with Crippen molar-refractivity contribution in [2.75, 3.05) is 39.9 Å². The minimum absolute atomic E-state index is 0.153. The summed E-state index contributed by atoms with van der Waals surface area (Å²) in [5.74, 6) is -0.556. The summed E-state index contributed by atoms with van der Waals surface area (Å²) in [5, 5.41) is 0. The van der Waals surface area contributed by atoms with Crippen LogP contribution in [0.15, 0.2) is 18.2 Å². The molecule has 0 saturated carbocycles. The Kier molecular flexibility index (Phi) is 5.61. The molecule has 6 heteroatoms. The fraction of sp³-hybridized carbons (Fsp3) is 0.600. The lowest BCUT2D eigenvalue weighted by atomic mass is 9.71. The van der Waals surface area contributed by atoms with E-state index in [0.29, 0.717) is 44.6 Å². The van der Waals surface area contributed by atoms with Crippen molar-refractivity contribution in [1.29, 1.82) is 0 Å². The Morgan fingerprint density at radius 3 is 2.62 bits per heavy atom. The number of rotatable bonds is 4. The lowest BCUT2D eigenvalue weighted by Crippen LogP contribution is -2.55. The Morgan fingerprint density at radius 1 is 1.23 bits per heavy atom. The van der Waals surface area contributed by atoms with E-state index in [9.17, 15) is 14.0 Å². The highest BCUT2D eigenvalue weighted by molar-refractivity contribution is 5.96. The van der Waals surface area contributed by atoms with Gasteiger partial charge in [-0.2, -0.15) is 0 Å². The predicted octanol–water partition coefficient (Wildman–Crippen LogP) is 2.63. The van der Waals surface area contributed by atoms with Gasteiger partial charge in [-0.3, -0.25) is 9.59 Å². The van der Waals surface area contributed by atoms with Gasteiger partial charge in [-0.1, -0.05) is 12.1 Å². The van der Waals surface area contributed by atoms with Crippen LogP contribution in [0, 0.1) is 18.2 Å². The molecule has 0 bridgehead atoms. The zero-order valence-electron chi connectivity index (χ0n) is 15.6. The average Bonchev–Trinajstić information content (AvgIpc) is 2.63. The molecule has 0 atom stereocenters. The van der Waals surface area contributed by atoms with E-state index in [1.807, 2.05) is 4.90 Å². The second kappa shape index (κ2) is 7.74. The summed E-state index contributed by atoms with van der Waals surface area (Å²) < 4.78 is 19.2. The van der Waals surface area contributed by atoms with Crippen LogP contribution >= 0.6 is 0 Å². The number of benzene rings is 1. The molecule has 0 N–H and O–H groups in total. The first-order valence-corrected chi connectivity index (χ1v) is 9.31. The van der Waals surface area contributed by atoms with Crippen LogP contribution in [0.1, 0.15) is 41.6 Å². The van der Waals surface area contributed by atoms with Crippen molar-refractivity contribution in [1.82, 2.24) is 9.80 Å². The summed E-state index contributed by atoms with van der Waals surface area (Å²) in [7, 11) is 1.64. The minimum atomic E-state index is -0.477. The quantitative estimate of drug-likeness (QED) is 0.827. The number of hydrogen-bond donors (Lipinski definition) is 0. The van der Waals surface area contributed by atoms with Gasteiger partial charge in [0.25, 0.3) is 5.91 Å². The molecular formula is C20H27FN2O3. The minimum Gasteiger partial charge on any atom is -0.383 e. The molecule has 2 saturated heterocycles. The molecule has 2 amide bonds. The van der Waals surface area contributed by atoms with Crippen LogP contribution in [0.25, 0.3) is 0 Å². The van der Waals surface area contributed by atoms with Crippen LogP contribution in [-0.4, -0.2) is 61.5 Å². The van der Waals surface area contributed by atoms with Crippen LogP contribution in [0.5, 0.6) is 0 Å². The third-order valence-electron chi connectivity index (χ3n) is 5.83. The molecule has 0 radical (unpaired) electrons. The van der Waals surface area contributed by atoms with E-state index in [-0.39, 0.29) is 22.8 Å². The first-order valence-electron chi connectivity index (χ1n) is 9.31. The van der Waals surface area contributed by atoms with Crippen molar-refractivity contribution in [3.63, 3.8) is 0 Å². The molecule has 1 spiro atoms. The van der Waals surface area contributed by atoms with Crippen LogP contribution in [0.3, 0.4) is 0 Å². The number of piperidine rings is 2. The topological polar surface area (TPSA) is 49.9 Å². The average molecular weight is 362 g/mol. The molecular weight excluding hydrogens is 335 g/mol. The molecule has 0 aromatic heterocycles. The second-order valence-corrected chi connectivity index (χ2v) is 7.39. The van der Waals surface area contributed by atoms with Crippen LogP contribution in [-0.2, 0) is 9.53 Å². The molecule has 0 aliphatic carbocycles. The number of likely N-dealkylation sites (tertiary alicyclic amines) is 2. The molecule has 5 nitrogen and oxygen atoms in total. The van der Waals surface area contributed by atoms with Gasteiger partial charge in [-0.15, -0.1) is 0 Å². The molecule has 1 aromatic rings. The SMILES string of the molecule is COCCN1CCCC2(CCN(C(=O)c3c(C)cccc3F)CC2)C1=O. The summed E-state index contributed by atoms with van der Waals surface area (Å²) in [6, 6.07) is 4.69. The van der Waals surface area contributed by atoms with Crippen molar-refractivity contribution >= 4 is 11.8 Å². The lowest BCUT2D eigenvalue weighted by molar-refractivity contribution is -0.150. The van der Waals surface area contributed by atoms with Crippen molar-refractivity contribution in [3.05, 3.63) is 35.1 Å². The first-order chi connectivity index (χ1) is 12.5. The van der Waals surface area contributed by atoms with Gasteiger partial charge in [-0.05, 0) is 44.2 Å². The van der Waals surface area contributed by atoms with Gasteiger partial charge in [0.15, 0.2) is 0 Å². The molecule has 0 unspecified atom stereocenters. The Hall–Kier alpha value is -1.95. The summed E-state index contributed by atoms with van der Waals surface area (Å²) in [5.41, 5.74) is 0.433. The molecule has 2 fully saturated rings. The fourth-order valence-electron chi connectivity index (χ4n) is 4.23. The maximum atomic E-state index is 14.1. The maximum Gasteiger partial charge on any atom is 0.257 e. The summed E-state index contributed by atoms with van der Waals surface area (Å²) in [6.07, 6.45) is 3.15. The highest BCUT2D eigenvalue weighted by atomic mass is 19.1. The second-order valence-electron chi connectivity index (χ2n) is 7.39. The maximum absolute atomic E-state index is 14.1. The van der Waals surface area contributed by atoms with Crippen LogP contribution in [0.4, 0.5) is 4.39 Å². The Morgan fingerprint density at radius 2 is 1.96 bits per heavy atom. The Balaban J connectivity index is 1.68. The first kappa shape index (κ1) is 18.8. The van der Waals surface area contributed by atoms with E-state index in [4.69, 9.17) is 4.74 Å². The van der Waals surface area contributed by atoms with Gasteiger partial charge in [0.2, 0.25) is 5.91 Å². The number of nitrogens with zero attached hydrogens (tertiary/aromatic N) is 2. The zero-order chi connectivity index (χ0) is 18.7. The third-order valence-corrected chi connectivity index (χ3v) is 5.83. The highest BCUT2D eigenvalue weighted by Gasteiger charge is 2.46. The number of aryl methyl sites for hydroxylation is 1. The van der Waals surface area contributed by atoms with Crippen molar-refractivity contribution in [2.24, 2.45) is 5.41 Å². The van der Waals surface area contributed by atoms with Crippen molar-refractivity contribution in [3.8, 4) is 0 Å².